The Hall–Kier alpha value is -3.96. The molecule has 0 N–H and O–H groups in total. The van der Waals surface area contributed by atoms with Gasteiger partial charge in [-0.3, -0.25) is 4.79 Å². The van der Waals surface area contributed by atoms with E-state index in [2.05, 4.69) is 11.1 Å². The van der Waals surface area contributed by atoms with Crippen molar-refractivity contribution in [2.45, 2.75) is 0 Å². The molecule has 1 amide bonds. The summed E-state index contributed by atoms with van der Waals surface area (Å²) >= 11 is 6.01. The van der Waals surface area contributed by atoms with Crippen LogP contribution in [0.4, 0.5) is 5.88 Å². The number of oxazole rings is 1. The van der Waals surface area contributed by atoms with Gasteiger partial charge in [-0.25, -0.2) is 0 Å². The molecular formula is C25H23ClN4O4. The Morgan fingerprint density at radius 2 is 1.85 bits per heavy atom. The molecule has 4 rings (SSSR count). The van der Waals surface area contributed by atoms with E-state index in [0.29, 0.717) is 60.0 Å². The summed E-state index contributed by atoms with van der Waals surface area (Å²) in [5.74, 6) is 1.90. The quantitative estimate of drug-likeness (QED) is 0.520. The number of halogens is 1. The second-order valence-electron chi connectivity index (χ2n) is 7.56. The zero-order chi connectivity index (χ0) is 24.1. The zero-order valence-corrected chi connectivity index (χ0v) is 19.6. The highest BCUT2D eigenvalue weighted by molar-refractivity contribution is 6.30. The first kappa shape index (κ1) is 23.2. The van der Waals surface area contributed by atoms with Gasteiger partial charge < -0.3 is 23.7 Å². The van der Waals surface area contributed by atoms with E-state index in [-0.39, 0.29) is 11.6 Å². The van der Waals surface area contributed by atoms with Gasteiger partial charge in [-0.05, 0) is 42.0 Å². The molecule has 2 heterocycles. The van der Waals surface area contributed by atoms with Crippen molar-refractivity contribution < 1.29 is 18.7 Å². The lowest BCUT2D eigenvalue weighted by Gasteiger charge is -2.34. The summed E-state index contributed by atoms with van der Waals surface area (Å²) in [6, 6.07) is 14.5. The molecule has 0 spiro atoms. The summed E-state index contributed by atoms with van der Waals surface area (Å²) in [5.41, 5.74) is 1.63. The van der Waals surface area contributed by atoms with Crippen LogP contribution in [0.5, 0.6) is 11.5 Å². The highest BCUT2D eigenvalue weighted by atomic mass is 35.5. The van der Waals surface area contributed by atoms with Crippen molar-refractivity contribution in [1.29, 1.82) is 5.26 Å². The summed E-state index contributed by atoms with van der Waals surface area (Å²) in [4.78, 5) is 20.8. The summed E-state index contributed by atoms with van der Waals surface area (Å²) in [5, 5.41) is 10.1. The van der Waals surface area contributed by atoms with E-state index in [9.17, 15) is 10.1 Å². The molecule has 1 aliphatic rings. The number of hydrogen-bond donors (Lipinski definition) is 0. The van der Waals surface area contributed by atoms with Crippen molar-refractivity contribution in [3.8, 4) is 17.6 Å². The lowest BCUT2D eigenvalue weighted by atomic mass is 10.2. The van der Waals surface area contributed by atoms with E-state index in [1.807, 2.05) is 29.2 Å². The Bertz CT molecular complexity index is 1260. The van der Waals surface area contributed by atoms with Gasteiger partial charge in [-0.2, -0.15) is 10.2 Å². The van der Waals surface area contributed by atoms with Gasteiger partial charge in [-0.15, -0.1) is 0 Å². The summed E-state index contributed by atoms with van der Waals surface area (Å²) in [6.07, 6.45) is 3.52. The highest BCUT2D eigenvalue weighted by Crippen LogP contribution is 2.29. The van der Waals surface area contributed by atoms with Crippen LogP contribution in [0, 0.1) is 11.3 Å². The van der Waals surface area contributed by atoms with Crippen LogP contribution in [-0.2, 0) is 0 Å². The number of aromatic nitrogens is 1. The molecule has 0 radical (unpaired) electrons. The second-order valence-corrected chi connectivity index (χ2v) is 7.99. The number of rotatable bonds is 6. The number of nitrogens with zero attached hydrogens (tertiary/aromatic N) is 4. The number of anilines is 1. The molecule has 0 bridgehead atoms. The molecule has 2 aromatic carbocycles. The minimum atomic E-state index is -0.0706. The first-order chi connectivity index (χ1) is 16.5. The van der Waals surface area contributed by atoms with Gasteiger partial charge in [0.05, 0.1) is 14.2 Å². The molecule has 34 heavy (non-hydrogen) atoms. The maximum atomic E-state index is 12.8. The minimum Gasteiger partial charge on any atom is -0.493 e. The molecule has 3 aromatic rings. The normalized spacial score (nSPS) is 13.7. The predicted octanol–water partition coefficient (Wildman–Crippen LogP) is 4.35. The molecule has 1 saturated heterocycles. The molecular weight excluding hydrogens is 456 g/mol. The van der Waals surface area contributed by atoms with Gasteiger partial charge >= 0.3 is 0 Å². The third-order valence-corrected chi connectivity index (χ3v) is 5.72. The predicted molar refractivity (Wildman–Crippen MR) is 129 cm³/mol. The number of hydrogen-bond acceptors (Lipinski definition) is 7. The highest BCUT2D eigenvalue weighted by Gasteiger charge is 2.26. The smallest absolute Gasteiger partial charge is 0.254 e. The fourth-order valence-electron chi connectivity index (χ4n) is 3.73. The molecule has 0 saturated carbocycles. The Kier molecular flexibility index (Phi) is 7.04. The summed E-state index contributed by atoms with van der Waals surface area (Å²) in [6.45, 7) is 2.03. The van der Waals surface area contributed by atoms with Crippen molar-refractivity contribution in [3.63, 3.8) is 0 Å². The summed E-state index contributed by atoms with van der Waals surface area (Å²) in [7, 11) is 3.16. The number of ether oxygens (including phenoxy) is 2. The minimum absolute atomic E-state index is 0.0706. The number of nitriles is 1. The van der Waals surface area contributed by atoms with E-state index in [0.717, 1.165) is 5.56 Å². The number of carbonyl (C=O) groups excluding carboxylic acids is 1. The number of piperazine rings is 1. The Morgan fingerprint density at radius 3 is 2.53 bits per heavy atom. The zero-order valence-electron chi connectivity index (χ0n) is 18.8. The van der Waals surface area contributed by atoms with Crippen LogP contribution in [-0.4, -0.2) is 56.2 Å². The largest absolute Gasteiger partial charge is 0.493 e. The van der Waals surface area contributed by atoms with Crippen molar-refractivity contribution in [2.24, 2.45) is 0 Å². The SMILES string of the molecule is COc1ccc(/C=C/c2nc(C#N)c(N3CCN(C(=O)c4cccc(Cl)c4)CC3)o2)cc1OC. The fourth-order valence-corrected chi connectivity index (χ4v) is 3.92. The third-order valence-electron chi connectivity index (χ3n) is 5.48. The van der Waals surface area contributed by atoms with Gasteiger partial charge in [0.15, 0.2) is 11.5 Å². The first-order valence-electron chi connectivity index (χ1n) is 10.6. The van der Waals surface area contributed by atoms with Gasteiger partial charge in [-0.1, -0.05) is 23.7 Å². The molecule has 0 atom stereocenters. The summed E-state index contributed by atoms with van der Waals surface area (Å²) < 4.78 is 16.5. The molecule has 8 nitrogen and oxygen atoms in total. The van der Waals surface area contributed by atoms with Crippen LogP contribution >= 0.6 is 11.6 Å². The molecule has 1 aliphatic heterocycles. The van der Waals surface area contributed by atoms with Gasteiger partial charge in [0, 0.05) is 42.8 Å². The molecule has 0 unspecified atom stereocenters. The van der Waals surface area contributed by atoms with Crippen LogP contribution in [0.15, 0.2) is 46.9 Å². The van der Waals surface area contributed by atoms with Crippen molar-refractivity contribution >= 4 is 35.5 Å². The van der Waals surface area contributed by atoms with Crippen molar-refractivity contribution in [1.82, 2.24) is 9.88 Å². The standard InChI is InChI=1S/C25H23ClN4O4/c1-32-21-8-6-17(14-22(21)33-2)7-9-23-28-20(16-27)25(34-23)30-12-10-29(11-13-30)24(31)18-4-3-5-19(26)15-18/h3-9,14-15H,10-13H2,1-2H3/b9-7+. The lowest BCUT2D eigenvalue weighted by molar-refractivity contribution is 0.0745. The number of amides is 1. The number of benzene rings is 2. The number of carbonyl (C=O) groups is 1. The maximum absolute atomic E-state index is 12.8. The van der Waals surface area contributed by atoms with Gasteiger partial charge in [0.2, 0.25) is 17.5 Å². The van der Waals surface area contributed by atoms with E-state index in [1.165, 1.54) is 0 Å². The van der Waals surface area contributed by atoms with Gasteiger partial charge in [0.1, 0.15) is 6.07 Å². The Balaban J connectivity index is 1.45. The van der Waals surface area contributed by atoms with E-state index >= 15 is 0 Å². The van der Waals surface area contributed by atoms with Gasteiger partial charge in [0.25, 0.3) is 5.91 Å². The second kappa shape index (κ2) is 10.3. The average molecular weight is 479 g/mol. The van der Waals surface area contributed by atoms with Crippen LogP contribution in [0.1, 0.15) is 27.5 Å². The van der Waals surface area contributed by atoms with Crippen LogP contribution in [0.3, 0.4) is 0 Å². The van der Waals surface area contributed by atoms with Crippen molar-refractivity contribution in [3.05, 3.63) is 70.2 Å². The van der Waals surface area contributed by atoms with Crippen LogP contribution in [0.25, 0.3) is 12.2 Å². The van der Waals surface area contributed by atoms with E-state index < -0.39 is 0 Å². The molecule has 1 aromatic heterocycles. The lowest BCUT2D eigenvalue weighted by Crippen LogP contribution is -2.48. The topological polar surface area (TPSA) is 91.8 Å². The monoisotopic (exact) mass is 478 g/mol. The number of methoxy groups -OCH3 is 2. The fraction of sp³-hybridized carbons (Fsp3) is 0.240. The first-order valence-corrected chi connectivity index (χ1v) is 11.0. The third kappa shape index (κ3) is 5.00. The van der Waals surface area contributed by atoms with Crippen LogP contribution < -0.4 is 14.4 Å². The molecule has 9 heteroatoms. The van der Waals surface area contributed by atoms with E-state index in [4.69, 9.17) is 25.5 Å². The maximum Gasteiger partial charge on any atom is 0.254 e. The van der Waals surface area contributed by atoms with Crippen LogP contribution in [0.2, 0.25) is 5.02 Å². The Morgan fingerprint density at radius 1 is 1.09 bits per heavy atom. The molecule has 174 valence electrons. The van der Waals surface area contributed by atoms with Crippen molar-refractivity contribution in [2.75, 3.05) is 45.3 Å². The molecule has 0 aliphatic carbocycles. The van der Waals surface area contributed by atoms with E-state index in [1.54, 1.807) is 49.5 Å². The Labute approximate surface area is 202 Å². The molecule has 1 fully saturated rings. The average Bonchev–Trinajstić information content (AvgIpc) is 3.30.